The van der Waals surface area contributed by atoms with E-state index in [1.165, 1.54) is 5.56 Å². The largest absolute Gasteiger partial charge is 0.483 e. The Labute approximate surface area is 187 Å². The maximum atomic E-state index is 13.0. The molecule has 1 atom stereocenters. The minimum Gasteiger partial charge on any atom is -0.483 e. The summed E-state index contributed by atoms with van der Waals surface area (Å²) in [6, 6.07) is 13.2. The number of halogens is 1. The van der Waals surface area contributed by atoms with Gasteiger partial charge >= 0.3 is 0 Å². The van der Waals surface area contributed by atoms with Gasteiger partial charge in [0.2, 0.25) is 5.91 Å². The molecule has 0 aliphatic heterocycles. The molecule has 5 nitrogen and oxygen atoms in total. The Kier molecular flexibility index (Phi) is 9.37. The molecule has 2 aromatic carbocycles. The second-order valence-corrected chi connectivity index (χ2v) is 8.24. The van der Waals surface area contributed by atoms with Crippen molar-refractivity contribution in [2.24, 2.45) is 0 Å². The molecule has 2 amide bonds. The van der Waals surface area contributed by atoms with Gasteiger partial charge in [-0.15, -0.1) is 0 Å². The van der Waals surface area contributed by atoms with Gasteiger partial charge in [-0.25, -0.2) is 0 Å². The Morgan fingerprint density at radius 2 is 1.77 bits per heavy atom. The van der Waals surface area contributed by atoms with Gasteiger partial charge in [0.1, 0.15) is 11.8 Å². The standard InChI is InChI=1S/C24H31BrN2O3/c1-5-13-26-24(29)18(4)27(15-20-9-7-17(3)8-10-20)23(28)16-30-22-12-11-19(6-2)14-21(22)25/h7-12,14,18H,5-6,13,15-16H2,1-4H3,(H,26,29). The summed E-state index contributed by atoms with van der Waals surface area (Å²) in [4.78, 5) is 27.2. The van der Waals surface area contributed by atoms with Gasteiger partial charge in [0.05, 0.1) is 4.47 Å². The molecule has 2 rings (SSSR count). The third kappa shape index (κ3) is 6.87. The van der Waals surface area contributed by atoms with Crippen LogP contribution in [0.1, 0.15) is 43.9 Å². The van der Waals surface area contributed by atoms with Gasteiger partial charge in [-0.3, -0.25) is 9.59 Å². The van der Waals surface area contributed by atoms with E-state index in [0.29, 0.717) is 18.8 Å². The van der Waals surface area contributed by atoms with Crippen LogP contribution in [0.5, 0.6) is 5.75 Å². The first-order chi connectivity index (χ1) is 14.3. The van der Waals surface area contributed by atoms with E-state index in [-0.39, 0.29) is 18.4 Å². The van der Waals surface area contributed by atoms with Crippen molar-refractivity contribution in [1.82, 2.24) is 10.2 Å². The van der Waals surface area contributed by atoms with E-state index in [2.05, 4.69) is 28.2 Å². The number of aryl methyl sites for hydroxylation is 2. The fraction of sp³-hybridized carbons (Fsp3) is 0.417. The lowest BCUT2D eigenvalue weighted by atomic mass is 10.1. The summed E-state index contributed by atoms with van der Waals surface area (Å²) in [6.45, 7) is 8.64. The van der Waals surface area contributed by atoms with Gasteiger partial charge in [-0.1, -0.05) is 49.7 Å². The lowest BCUT2D eigenvalue weighted by molar-refractivity contribution is -0.142. The maximum Gasteiger partial charge on any atom is 0.261 e. The smallest absolute Gasteiger partial charge is 0.261 e. The first-order valence-corrected chi connectivity index (χ1v) is 11.2. The van der Waals surface area contributed by atoms with Gasteiger partial charge < -0.3 is 15.0 Å². The number of benzene rings is 2. The fourth-order valence-electron chi connectivity index (χ4n) is 2.97. The molecule has 1 N–H and O–H groups in total. The van der Waals surface area contributed by atoms with Crippen LogP contribution in [0.2, 0.25) is 0 Å². The summed E-state index contributed by atoms with van der Waals surface area (Å²) in [7, 11) is 0. The molecule has 1 unspecified atom stereocenters. The zero-order valence-corrected chi connectivity index (χ0v) is 19.8. The number of nitrogens with zero attached hydrogens (tertiary/aromatic N) is 1. The predicted octanol–water partition coefficient (Wildman–Crippen LogP) is 4.64. The summed E-state index contributed by atoms with van der Waals surface area (Å²) in [5.74, 6) is 0.214. The quantitative estimate of drug-likeness (QED) is 0.545. The van der Waals surface area contributed by atoms with Crippen LogP contribution in [-0.2, 0) is 22.6 Å². The number of carbonyl (C=O) groups is 2. The van der Waals surface area contributed by atoms with Crippen LogP contribution < -0.4 is 10.1 Å². The van der Waals surface area contributed by atoms with E-state index in [4.69, 9.17) is 4.74 Å². The summed E-state index contributed by atoms with van der Waals surface area (Å²) >= 11 is 3.50. The Balaban J connectivity index is 2.14. The third-order valence-corrected chi connectivity index (χ3v) is 5.57. The highest BCUT2D eigenvalue weighted by atomic mass is 79.9. The van der Waals surface area contributed by atoms with Gasteiger partial charge in [-0.2, -0.15) is 0 Å². The molecule has 0 heterocycles. The van der Waals surface area contributed by atoms with Crippen LogP contribution in [0.25, 0.3) is 0 Å². The summed E-state index contributed by atoms with van der Waals surface area (Å²) in [6.07, 6.45) is 1.77. The molecule has 0 bridgehead atoms. The molecule has 2 aromatic rings. The Morgan fingerprint density at radius 1 is 1.10 bits per heavy atom. The summed E-state index contributed by atoms with van der Waals surface area (Å²) < 4.78 is 6.59. The normalized spacial score (nSPS) is 11.6. The Morgan fingerprint density at radius 3 is 2.37 bits per heavy atom. The number of nitrogens with one attached hydrogen (secondary N) is 1. The van der Waals surface area contributed by atoms with Crippen LogP contribution >= 0.6 is 15.9 Å². The van der Waals surface area contributed by atoms with Crippen molar-refractivity contribution in [2.45, 2.75) is 53.1 Å². The summed E-state index contributed by atoms with van der Waals surface area (Å²) in [5, 5.41) is 2.88. The first kappa shape index (κ1) is 23.9. The number of ether oxygens (including phenoxy) is 1. The van der Waals surface area contributed by atoms with Gasteiger partial charge in [0.15, 0.2) is 6.61 Å². The highest BCUT2D eigenvalue weighted by Crippen LogP contribution is 2.26. The van der Waals surface area contributed by atoms with Crippen molar-refractivity contribution in [3.05, 3.63) is 63.6 Å². The average Bonchev–Trinajstić information content (AvgIpc) is 2.75. The molecule has 30 heavy (non-hydrogen) atoms. The van der Waals surface area contributed by atoms with Crippen LogP contribution in [0.3, 0.4) is 0 Å². The van der Waals surface area contributed by atoms with Crippen molar-refractivity contribution in [3.8, 4) is 5.75 Å². The van der Waals surface area contributed by atoms with Crippen LogP contribution in [0, 0.1) is 6.92 Å². The van der Waals surface area contributed by atoms with E-state index < -0.39 is 6.04 Å². The van der Waals surface area contributed by atoms with Crippen molar-refractivity contribution < 1.29 is 14.3 Å². The van der Waals surface area contributed by atoms with Gasteiger partial charge in [0, 0.05) is 13.1 Å². The molecule has 0 aliphatic carbocycles. The molecule has 0 fully saturated rings. The SMILES string of the molecule is CCCNC(=O)C(C)N(Cc1ccc(C)cc1)C(=O)COc1ccc(CC)cc1Br. The van der Waals surface area contributed by atoms with Crippen molar-refractivity contribution in [2.75, 3.05) is 13.2 Å². The monoisotopic (exact) mass is 474 g/mol. The van der Waals surface area contributed by atoms with Crippen molar-refractivity contribution >= 4 is 27.7 Å². The lowest BCUT2D eigenvalue weighted by Crippen LogP contribution is -2.49. The molecule has 0 aliphatic rings. The molecule has 0 spiro atoms. The fourth-order valence-corrected chi connectivity index (χ4v) is 3.51. The minimum absolute atomic E-state index is 0.138. The Hall–Kier alpha value is -2.34. The molecule has 6 heteroatoms. The highest BCUT2D eigenvalue weighted by molar-refractivity contribution is 9.10. The van der Waals surface area contributed by atoms with Gasteiger partial charge in [-0.05, 0) is 65.9 Å². The van der Waals surface area contributed by atoms with E-state index in [9.17, 15) is 9.59 Å². The van der Waals surface area contributed by atoms with Crippen molar-refractivity contribution in [1.29, 1.82) is 0 Å². The maximum absolute atomic E-state index is 13.0. The van der Waals surface area contributed by atoms with E-state index in [0.717, 1.165) is 28.4 Å². The number of amides is 2. The topological polar surface area (TPSA) is 58.6 Å². The molecule has 0 radical (unpaired) electrons. The second kappa shape index (κ2) is 11.7. The first-order valence-electron chi connectivity index (χ1n) is 10.4. The lowest BCUT2D eigenvalue weighted by Gasteiger charge is -2.29. The second-order valence-electron chi connectivity index (χ2n) is 7.38. The molecular weight excluding hydrogens is 444 g/mol. The van der Waals surface area contributed by atoms with Crippen molar-refractivity contribution in [3.63, 3.8) is 0 Å². The number of carbonyl (C=O) groups excluding carboxylic acids is 2. The predicted molar refractivity (Wildman–Crippen MR) is 124 cm³/mol. The van der Waals surface area contributed by atoms with Gasteiger partial charge in [0.25, 0.3) is 5.91 Å². The minimum atomic E-state index is -0.597. The Bertz CT molecular complexity index is 852. The molecule has 0 saturated heterocycles. The van der Waals surface area contributed by atoms with Crippen LogP contribution in [0.15, 0.2) is 46.9 Å². The van der Waals surface area contributed by atoms with E-state index in [1.54, 1.807) is 11.8 Å². The molecule has 162 valence electrons. The number of rotatable bonds is 10. The summed E-state index contributed by atoms with van der Waals surface area (Å²) in [5.41, 5.74) is 3.30. The molecule has 0 saturated carbocycles. The van der Waals surface area contributed by atoms with Crippen LogP contribution in [0.4, 0.5) is 0 Å². The zero-order chi connectivity index (χ0) is 22.1. The third-order valence-electron chi connectivity index (χ3n) is 4.95. The molecular formula is C24H31BrN2O3. The number of hydrogen-bond donors (Lipinski definition) is 1. The van der Waals surface area contributed by atoms with E-state index >= 15 is 0 Å². The molecule has 0 aromatic heterocycles. The average molecular weight is 475 g/mol. The zero-order valence-electron chi connectivity index (χ0n) is 18.2. The number of hydrogen-bond acceptors (Lipinski definition) is 3. The van der Waals surface area contributed by atoms with Crippen LogP contribution in [-0.4, -0.2) is 35.9 Å². The highest BCUT2D eigenvalue weighted by Gasteiger charge is 2.26. The van der Waals surface area contributed by atoms with E-state index in [1.807, 2.05) is 56.3 Å².